The zero-order chi connectivity index (χ0) is 21.7. The van der Waals surface area contributed by atoms with Gasteiger partial charge in [-0.25, -0.2) is 0 Å². The van der Waals surface area contributed by atoms with Gasteiger partial charge < -0.3 is 38.8 Å². The molecule has 6 atom stereocenters. The van der Waals surface area contributed by atoms with Crippen LogP contribution in [0.5, 0.6) is 0 Å². The lowest BCUT2D eigenvalue weighted by Gasteiger charge is -2.39. The Morgan fingerprint density at radius 2 is 1.60 bits per heavy atom. The van der Waals surface area contributed by atoms with Crippen LogP contribution in [0.3, 0.4) is 0 Å². The van der Waals surface area contributed by atoms with Gasteiger partial charge in [0.15, 0.2) is 17.4 Å². The molecular weight excluding hydrogens is 392 g/mol. The van der Waals surface area contributed by atoms with Crippen LogP contribution in [0, 0.1) is 0 Å². The quantitative estimate of drug-likeness (QED) is 0.697. The minimum Gasteiger partial charge on any atom is -0.388 e. The van der Waals surface area contributed by atoms with Gasteiger partial charge in [0.05, 0.1) is 31.1 Å². The molecule has 0 saturated carbocycles. The van der Waals surface area contributed by atoms with Crippen molar-refractivity contribution in [3.8, 4) is 0 Å². The van der Waals surface area contributed by atoms with Crippen LogP contribution in [-0.2, 0) is 28.4 Å². The highest BCUT2D eigenvalue weighted by Crippen LogP contribution is 2.37. The van der Waals surface area contributed by atoms with Gasteiger partial charge in [0, 0.05) is 18.8 Å². The molecule has 3 saturated heterocycles. The number of hydrogen-bond acceptors (Lipinski definition) is 9. The van der Waals surface area contributed by atoms with E-state index in [9.17, 15) is 5.11 Å². The third-order valence-corrected chi connectivity index (χ3v) is 5.63. The topological polar surface area (TPSA) is 100 Å². The van der Waals surface area contributed by atoms with Crippen LogP contribution in [0.1, 0.15) is 48.0 Å². The van der Waals surface area contributed by atoms with E-state index in [0.29, 0.717) is 13.0 Å². The Balaban J connectivity index is 1.40. The molecule has 4 heterocycles. The van der Waals surface area contributed by atoms with E-state index in [1.165, 1.54) is 0 Å². The first kappa shape index (κ1) is 22.1. The lowest BCUT2D eigenvalue weighted by Crippen LogP contribution is -2.50. The van der Waals surface area contributed by atoms with Crippen LogP contribution in [-0.4, -0.2) is 78.5 Å². The van der Waals surface area contributed by atoms with Crippen LogP contribution in [0.4, 0.5) is 0 Å². The Morgan fingerprint density at radius 1 is 0.933 bits per heavy atom. The summed E-state index contributed by atoms with van der Waals surface area (Å²) in [5.74, 6) is -2.08. The van der Waals surface area contributed by atoms with E-state index in [-0.39, 0.29) is 37.1 Å². The maximum Gasteiger partial charge on any atom is 0.164 e. The SMILES string of the molecule is CC1(C)OCC(O)C(CC2=CNC(C3OC(C)(C)OC3C3COC(C)(C)O3)C=N2)O1. The minimum atomic E-state index is -0.726. The summed E-state index contributed by atoms with van der Waals surface area (Å²) in [6.07, 6.45) is 2.30. The fourth-order valence-electron chi connectivity index (χ4n) is 4.25. The second-order valence-electron chi connectivity index (χ2n) is 9.68. The van der Waals surface area contributed by atoms with E-state index >= 15 is 0 Å². The highest BCUT2D eigenvalue weighted by Gasteiger charge is 2.52. The number of rotatable bonds is 4. The summed E-state index contributed by atoms with van der Waals surface area (Å²) in [6, 6.07) is -0.176. The Morgan fingerprint density at radius 3 is 2.23 bits per heavy atom. The summed E-state index contributed by atoms with van der Waals surface area (Å²) in [4.78, 5) is 4.60. The third kappa shape index (κ3) is 4.88. The van der Waals surface area contributed by atoms with Crippen molar-refractivity contribution >= 4 is 6.21 Å². The van der Waals surface area contributed by atoms with Crippen LogP contribution in [0.2, 0.25) is 0 Å². The molecule has 9 heteroatoms. The van der Waals surface area contributed by atoms with Gasteiger partial charge in [-0.2, -0.15) is 0 Å². The van der Waals surface area contributed by atoms with Crippen LogP contribution < -0.4 is 5.32 Å². The second kappa shape index (κ2) is 7.81. The summed E-state index contributed by atoms with van der Waals surface area (Å²) in [5.41, 5.74) is 0.796. The van der Waals surface area contributed by atoms with Crippen LogP contribution >= 0.6 is 0 Å². The van der Waals surface area contributed by atoms with Gasteiger partial charge >= 0.3 is 0 Å². The number of aliphatic imine (C=N–C) groups is 1. The molecule has 9 nitrogen and oxygen atoms in total. The molecule has 4 rings (SSSR count). The zero-order valence-corrected chi connectivity index (χ0v) is 18.6. The molecule has 0 radical (unpaired) electrons. The molecule has 0 aromatic carbocycles. The Hall–Kier alpha value is -1.07. The first-order valence-corrected chi connectivity index (χ1v) is 10.6. The van der Waals surface area contributed by atoms with Crippen molar-refractivity contribution in [2.45, 2.75) is 102 Å². The van der Waals surface area contributed by atoms with Gasteiger partial charge in [0.2, 0.25) is 0 Å². The number of aliphatic hydroxyl groups is 1. The summed E-state index contributed by atoms with van der Waals surface area (Å²) in [6.45, 7) is 12.0. The van der Waals surface area contributed by atoms with E-state index < -0.39 is 23.5 Å². The third-order valence-electron chi connectivity index (χ3n) is 5.63. The molecule has 0 spiro atoms. The predicted molar refractivity (Wildman–Crippen MR) is 108 cm³/mol. The molecule has 0 aromatic rings. The van der Waals surface area contributed by atoms with Crippen molar-refractivity contribution in [1.82, 2.24) is 5.32 Å². The Bertz CT molecular complexity index is 705. The lowest BCUT2D eigenvalue weighted by molar-refractivity contribution is -0.303. The van der Waals surface area contributed by atoms with Gasteiger partial charge in [-0.15, -0.1) is 0 Å². The monoisotopic (exact) mass is 426 g/mol. The Kier molecular flexibility index (Phi) is 5.76. The average molecular weight is 427 g/mol. The smallest absolute Gasteiger partial charge is 0.164 e. The molecule has 0 aliphatic carbocycles. The van der Waals surface area contributed by atoms with Gasteiger partial charge in [-0.3, -0.25) is 4.99 Å². The van der Waals surface area contributed by atoms with E-state index in [4.69, 9.17) is 28.4 Å². The average Bonchev–Trinajstić information content (AvgIpc) is 3.17. The van der Waals surface area contributed by atoms with Crippen molar-refractivity contribution in [2.75, 3.05) is 13.2 Å². The van der Waals surface area contributed by atoms with Crippen molar-refractivity contribution in [1.29, 1.82) is 0 Å². The fourth-order valence-corrected chi connectivity index (χ4v) is 4.25. The summed E-state index contributed by atoms with van der Waals surface area (Å²) >= 11 is 0. The summed E-state index contributed by atoms with van der Waals surface area (Å²) < 4.78 is 35.4. The van der Waals surface area contributed by atoms with Crippen molar-refractivity contribution in [3.63, 3.8) is 0 Å². The van der Waals surface area contributed by atoms with Crippen LogP contribution in [0.25, 0.3) is 0 Å². The highest BCUT2D eigenvalue weighted by atomic mass is 16.8. The maximum absolute atomic E-state index is 10.2. The molecule has 4 aliphatic rings. The molecule has 0 aromatic heterocycles. The Labute approximate surface area is 177 Å². The number of aliphatic hydroxyl groups excluding tert-OH is 1. The van der Waals surface area contributed by atoms with Gasteiger partial charge in [0.1, 0.15) is 24.4 Å². The van der Waals surface area contributed by atoms with Gasteiger partial charge in [0.25, 0.3) is 0 Å². The molecule has 30 heavy (non-hydrogen) atoms. The first-order valence-electron chi connectivity index (χ1n) is 10.6. The summed E-state index contributed by atoms with van der Waals surface area (Å²) in [5, 5.41) is 13.6. The van der Waals surface area contributed by atoms with Crippen molar-refractivity contribution < 1.29 is 33.5 Å². The van der Waals surface area contributed by atoms with E-state index in [1.54, 1.807) is 0 Å². The fraction of sp³-hybridized carbons (Fsp3) is 0.857. The maximum atomic E-state index is 10.2. The normalized spacial score (nSPS) is 42.0. The van der Waals surface area contributed by atoms with E-state index in [2.05, 4.69) is 10.3 Å². The summed E-state index contributed by atoms with van der Waals surface area (Å²) in [7, 11) is 0. The molecule has 0 amide bonds. The molecule has 6 unspecified atom stereocenters. The van der Waals surface area contributed by atoms with Gasteiger partial charge in [-0.1, -0.05) is 0 Å². The van der Waals surface area contributed by atoms with Crippen molar-refractivity contribution in [2.24, 2.45) is 4.99 Å². The zero-order valence-electron chi connectivity index (χ0n) is 18.6. The van der Waals surface area contributed by atoms with Crippen molar-refractivity contribution in [3.05, 3.63) is 11.9 Å². The number of nitrogens with one attached hydrogen (secondary N) is 1. The predicted octanol–water partition coefficient (Wildman–Crippen LogP) is 1.44. The number of hydrogen-bond donors (Lipinski definition) is 2. The standard InChI is InChI=1S/C21H34N2O7/c1-19(2)25-10-14(24)15(27-19)7-12-8-23-13(9-22-12)17-18(30-21(5,6)29-17)16-11-26-20(3,4)28-16/h8-9,13-18,23-24H,7,10-11H2,1-6H3. The second-order valence-corrected chi connectivity index (χ2v) is 9.68. The van der Waals surface area contributed by atoms with Crippen LogP contribution in [0.15, 0.2) is 16.9 Å². The first-order chi connectivity index (χ1) is 13.9. The minimum absolute atomic E-state index is 0.176. The molecule has 3 fully saturated rings. The number of nitrogens with zero attached hydrogens (tertiary/aromatic N) is 1. The molecular formula is C21H34N2O7. The van der Waals surface area contributed by atoms with Gasteiger partial charge in [-0.05, 0) is 41.5 Å². The molecule has 4 aliphatic heterocycles. The molecule has 0 bridgehead atoms. The number of ether oxygens (including phenoxy) is 6. The highest BCUT2D eigenvalue weighted by molar-refractivity contribution is 5.68. The largest absolute Gasteiger partial charge is 0.388 e. The van der Waals surface area contributed by atoms with E-state index in [1.807, 2.05) is 54.0 Å². The molecule has 170 valence electrons. The molecule has 2 N–H and O–H groups in total. The van der Waals surface area contributed by atoms with E-state index in [0.717, 1.165) is 5.70 Å². The lowest BCUT2D eigenvalue weighted by atomic mass is 10.0.